The third kappa shape index (κ3) is 2.85. The minimum Gasteiger partial charge on any atom is -0.480 e. The lowest BCUT2D eigenvalue weighted by atomic mass is 10.1. The number of benzene rings is 1. The molecule has 98 valence electrons. The second-order valence-electron chi connectivity index (χ2n) is 4.64. The van der Waals surface area contributed by atoms with Crippen molar-refractivity contribution in [1.29, 1.82) is 0 Å². The lowest BCUT2D eigenvalue weighted by Gasteiger charge is -2.28. The van der Waals surface area contributed by atoms with Gasteiger partial charge in [0.1, 0.15) is 11.6 Å². The molecule has 1 unspecified atom stereocenters. The zero-order valence-electron chi connectivity index (χ0n) is 10.1. The lowest BCUT2D eigenvalue weighted by Crippen LogP contribution is -2.34. The summed E-state index contributed by atoms with van der Waals surface area (Å²) in [4.78, 5) is 12.6. The third-order valence-corrected chi connectivity index (χ3v) is 3.24. The lowest BCUT2D eigenvalue weighted by molar-refractivity contribution is -0.139. The van der Waals surface area contributed by atoms with Crippen molar-refractivity contribution in [3.63, 3.8) is 0 Å². The second kappa shape index (κ2) is 5.02. The van der Waals surface area contributed by atoms with E-state index in [1.54, 1.807) is 11.8 Å². The van der Waals surface area contributed by atoms with Crippen LogP contribution in [0.5, 0.6) is 0 Å². The molecule has 1 N–H and O–H groups in total. The van der Waals surface area contributed by atoms with Gasteiger partial charge in [0.15, 0.2) is 0 Å². The molecule has 1 aromatic carbocycles. The highest BCUT2D eigenvalue weighted by Crippen LogP contribution is 2.34. The van der Waals surface area contributed by atoms with E-state index >= 15 is 0 Å². The van der Waals surface area contributed by atoms with E-state index in [1.165, 1.54) is 12.1 Å². The first-order valence-corrected chi connectivity index (χ1v) is 5.91. The molecule has 0 spiro atoms. The van der Waals surface area contributed by atoms with E-state index in [4.69, 9.17) is 5.11 Å². The van der Waals surface area contributed by atoms with E-state index in [1.807, 2.05) is 0 Å². The van der Waals surface area contributed by atoms with Crippen molar-refractivity contribution in [3.05, 3.63) is 35.4 Å². The zero-order chi connectivity index (χ0) is 13.3. The molecule has 1 aliphatic rings. The summed E-state index contributed by atoms with van der Waals surface area (Å²) >= 11 is 0. The average molecular weight is 255 g/mol. The number of carbonyl (C=O) groups is 1. The van der Waals surface area contributed by atoms with Gasteiger partial charge in [0.2, 0.25) is 0 Å². The summed E-state index contributed by atoms with van der Waals surface area (Å²) in [5, 5.41) is 8.87. The summed E-state index contributed by atoms with van der Waals surface area (Å²) < 4.78 is 26.5. The number of halogens is 2. The normalized spacial score (nSPS) is 16.9. The van der Waals surface area contributed by atoms with E-state index in [0.717, 1.165) is 18.9 Å². The second-order valence-corrected chi connectivity index (χ2v) is 4.64. The number of hydrogen-bond acceptors (Lipinski definition) is 2. The first kappa shape index (κ1) is 13.0. The number of aliphatic carboxylic acids is 1. The molecule has 18 heavy (non-hydrogen) atoms. The van der Waals surface area contributed by atoms with Gasteiger partial charge in [-0.05, 0) is 25.8 Å². The molecular weight excluding hydrogens is 240 g/mol. The Morgan fingerprint density at radius 2 is 2.17 bits per heavy atom. The molecule has 5 heteroatoms. The predicted molar refractivity (Wildman–Crippen MR) is 62.1 cm³/mol. The maximum absolute atomic E-state index is 13.7. The minimum atomic E-state index is -0.934. The Labute approximate surface area is 104 Å². The van der Waals surface area contributed by atoms with Crippen LogP contribution in [0.25, 0.3) is 0 Å². The maximum atomic E-state index is 13.7. The van der Waals surface area contributed by atoms with Crippen LogP contribution in [0.3, 0.4) is 0 Å². The van der Waals surface area contributed by atoms with Crippen LogP contribution in [0.1, 0.15) is 31.4 Å². The molecule has 1 fully saturated rings. The van der Waals surface area contributed by atoms with Gasteiger partial charge in [0, 0.05) is 23.7 Å². The summed E-state index contributed by atoms with van der Waals surface area (Å²) in [6, 6.07) is 3.24. The zero-order valence-corrected chi connectivity index (χ0v) is 10.1. The quantitative estimate of drug-likeness (QED) is 0.879. The highest BCUT2D eigenvalue weighted by molar-refractivity contribution is 5.69. The van der Waals surface area contributed by atoms with E-state index < -0.39 is 17.6 Å². The van der Waals surface area contributed by atoms with E-state index in [2.05, 4.69) is 0 Å². The summed E-state index contributed by atoms with van der Waals surface area (Å²) in [6.07, 6.45) is 1.86. The SMILES string of the molecule is CC(c1ccc(F)cc1F)N(CC(=O)O)C1CC1. The molecule has 1 aliphatic carbocycles. The highest BCUT2D eigenvalue weighted by atomic mass is 19.1. The van der Waals surface area contributed by atoms with Crippen LogP contribution in [0.4, 0.5) is 8.78 Å². The van der Waals surface area contributed by atoms with E-state index in [0.29, 0.717) is 5.56 Å². The summed E-state index contributed by atoms with van der Waals surface area (Å²) in [7, 11) is 0. The summed E-state index contributed by atoms with van der Waals surface area (Å²) in [5.41, 5.74) is 0.338. The van der Waals surface area contributed by atoms with Gasteiger partial charge >= 0.3 is 5.97 Å². The molecule has 3 nitrogen and oxygen atoms in total. The van der Waals surface area contributed by atoms with Crippen molar-refractivity contribution in [2.75, 3.05) is 6.54 Å². The molecule has 0 saturated heterocycles. The molecule has 1 saturated carbocycles. The van der Waals surface area contributed by atoms with E-state index in [-0.39, 0.29) is 18.6 Å². The summed E-state index contributed by atoms with van der Waals surface area (Å²) in [6.45, 7) is 1.63. The van der Waals surface area contributed by atoms with Crippen LogP contribution < -0.4 is 0 Å². The van der Waals surface area contributed by atoms with Crippen molar-refractivity contribution in [2.24, 2.45) is 0 Å². The van der Waals surface area contributed by atoms with Gasteiger partial charge < -0.3 is 5.11 Å². The van der Waals surface area contributed by atoms with Crippen LogP contribution in [0.15, 0.2) is 18.2 Å². The Morgan fingerprint density at radius 3 is 2.67 bits per heavy atom. The molecule has 1 atom stereocenters. The molecule has 0 aromatic heterocycles. The Bertz CT molecular complexity index is 460. The van der Waals surface area contributed by atoms with Crippen LogP contribution in [0, 0.1) is 11.6 Å². The largest absolute Gasteiger partial charge is 0.480 e. The first-order chi connectivity index (χ1) is 8.49. The predicted octanol–water partition coefficient (Wildman–Crippen LogP) is 2.57. The minimum absolute atomic E-state index is 0.122. The Kier molecular flexibility index (Phi) is 3.61. The van der Waals surface area contributed by atoms with Gasteiger partial charge in [0.25, 0.3) is 0 Å². The van der Waals surface area contributed by atoms with Crippen molar-refractivity contribution < 1.29 is 18.7 Å². The smallest absolute Gasteiger partial charge is 0.317 e. The third-order valence-electron chi connectivity index (χ3n) is 3.24. The van der Waals surface area contributed by atoms with Crippen LogP contribution in [-0.4, -0.2) is 28.6 Å². The molecule has 0 amide bonds. The Morgan fingerprint density at radius 1 is 1.50 bits per heavy atom. The average Bonchev–Trinajstić information content (AvgIpc) is 3.08. The van der Waals surface area contributed by atoms with Crippen molar-refractivity contribution in [2.45, 2.75) is 31.8 Å². The molecule has 0 heterocycles. The Balaban J connectivity index is 2.21. The van der Waals surface area contributed by atoms with Crippen LogP contribution in [-0.2, 0) is 4.79 Å². The van der Waals surface area contributed by atoms with Gasteiger partial charge in [-0.3, -0.25) is 9.69 Å². The van der Waals surface area contributed by atoms with Crippen molar-refractivity contribution >= 4 is 5.97 Å². The van der Waals surface area contributed by atoms with Crippen molar-refractivity contribution in [3.8, 4) is 0 Å². The number of nitrogens with zero attached hydrogens (tertiary/aromatic N) is 1. The molecule has 0 aliphatic heterocycles. The number of hydrogen-bond donors (Lipinski definition) is 1. The number of carboxylic acid groups (broad SMARTS) is 1. The standard InChI is InChI=1S/C13H15F2NO2/c1-8(11-5-2-9(14)6-12(11)15)16(7-13(17)18)10-3-4-10/h2,5-6,8,10H,3-4,7H2,1H3,(H,17,18). The van der Waals surface area contributed by atoms with Gasteiger partial charge in [0.05, 0.1) is 6.54 Å². The molecule has 1 aromatic rings. The van der Waals surface area contributed by atoms with Crippen LogP contribution in [0.2, 0.25) is 0 Å². The van der Waals surface area contributed by atoms with Crippen LogP contribution >= 0.6 is 0 Å². The number of carboxylic acids is 1. The molecule has 2 rings (SSSR count). The van der Waals surface area contributed by atoms with E-state index in [9.17, 15) is 13.6 Å². The van der Waals surface area contributed by atoms with Crippen molar-refractivity contribution in [1.82, 2.24) is 4.90 Å². The monoisotopic (exact) mass is 255 g/mol. The van der Waals surface area contributed by atoms with Gasteiger partial charge in [-0.1, -0.05) is 6.07 Å². The maximum Gasteiger partial charge on any atom is 0.317 e. The van der Waals surface area contributed by atoms with Gasteiger partial charge in [-0.2, -0.15) is 0 Å². The fourth-order valence-corrected chi connectivity index (χ4v) is 2.16. The summed E-state index contributed by atoms with van der Waals surface area (Å²) in [5.74, 6) is -2.19. The Hall–Kier alpha value is -1.49. The van der Waals surface area contributed by atoms with Gasteiger partial charge in [-0.15, -0.1) is 0 Å². The fraction of sp³-hybridized carbons (Fsp3) is 0.462. The first-order valence-electron chi connectivity index (χ1n) is 5.91. The molecular formula is C13H15F2NO2. The topological polar surface area (TPSA) is 40.5 Å². The fourth-order valence-electron chi connectivity index (χ4n) is 2.16. The molecule has 0 radical (unpaired) electrons. The van der Waals surface area contributed by atoms with Gasteiger partial charge in [-0.25, -0.2) is 8.78 Å². The highest BCUT2D eigenvalue weighted by Gasteiger charge is 2.34. The molecule has 0 bridgehead atoms. The number of rotatable bonds is 5.